The number of carbonyl (C=O) groups is 1. The summed E-state index contributed by atoms with van der Waals surface area (Å²) in [5, 5.41) is 11.0. The lowest BCUT2D eigenvalue weighted by molar-refractivity contribution is -0.0711. The van der Waals surface area contributed by atoms with E-state index < -0.39 is 22.3 Å². The smallest absolute Gasteiger partial charge is 0.410 e. The van der Waals surface area contributed by atoms with Gasteiger partial charge in [0.2, 0.25) is 0 Å². The standard InChI is InChI=1S/C16H30N2O4/c1-13(2,3)22-12(19)18-8-6-7-15(17,10-18)16(20)9-14(4,5)21-11-16/h20H,6-11,17H2,1-5H3. The molecule has 2 heterocycles. The topological polar surface area (TPSA) is 85.0 Å². The third-order valence-electron chi connectivity index (χ3n) is 4.52. The fraction of sp³-hybridized carbons (Fsp3) is 0.938. The van der Waals surface area contributed by atoms with Crippen molar-refractivity contribution in [3.63, 3.8) is 0 Å². The van der Waals surface area contributed by atoms with Crippen molar-refractivity contribution in [2.45, 2.75) is 76.2 Å². The van der Waals surface area contributed by atoms with E-state index in [2.05, 4.69) is 0 Å². The number of hydrogen-bond donors (Lipinski definition) is 2. The first-order chi connectivity index (χ1) is 9.86. The SMILES string of the molecule is CC(C)(C)OC(=O)N1CCCC(N)(C2(O)COC(C)(C)C2)C1. The minimum Gasteiger partial charge on any atom is -0.444 e. The first-order valence-corrected chi connectivity index (χ1v) is 7.99. The Balaban J connectivity index is 2.11. The van der Waals surface area contributed by atoms with Crippen LogP contribution in [0.3, 0.4) is 0 Å². The molecule has 0 aliphatic carbocycles. The maximum absolute atomic E-state index is 12.3. The number of nitrogens with two attached hydrogens (primary N) is 1. The van der Waals surface area contributed by atoms with Gasteiger partial charge in [-0.3, -0.25) is 0 Å². The molecule has 6 nitrogen and oxygen atoms in total. The molecule has 2 rings (SSSR count). The Bertz CT molecular complexity index is 446. The van der Waals surface area contributed by atoms with Crippen LogP contribution in [0.25, 0.3) is 0 Å². The molecular formula is C16H30N2O4. The number of rotatable bonds is 1. The zero-order valence-electron chi connectivity index (χ0n) is 14.4. The third kappa shape index (κ3) is 3.55. The monoisotopic (exact) mass is 314 g/mol. The molecule has 0 radical (unpaired) electrons. The molecular weight excluding hydrogens is 284 g/mol. The van der Waals surface area contributed by atoms with Crippen LogP contribution in [0, 0.1) is 0 Å². The molecule has 128 valence electrons. The number of hydrogen-bond acceptors (Lipinski definition) is 5. The molecule has 1 amide bonds. The Labute approximate surface area is 132 Å². The van der Waals surface area contributed by atoms with Crippen LogP contribution in [0.2, 0.25) is 0 Å². The van der Waals surface area contributed by atoms with Crippen LogP contribution < -0.4 is 5.73 Å². The van der Waals surface area contributed by atoms with Crippen LogP contribution in [-0.2, 0) is 9.47 Å². The van der Waals surface area contributed by atoms with Crippen molar-refractivity contribution < 1.29 is 19.4 Å². The van der Waals surface area contributed by atoms with Gasteiger partial charge in [-0.25, -0.2) is 4.79 Å². The minimum absolute atomic E-state index is 0.207. The summed E-state index contributed by atoms with van der Waals surface area (Å²) < 4.78 is 11.1. The molecule has 0 aromatic carbocycles. The zero-order valence-corrected chi connectivity index (χ0v) is 14.4. The molecule has 0 aromatic rings. The number of piperidine rings is 1. The summed E-state index contributed by atoms with van der Waals surface area (Å²) in [4.78, 5) is 13.9. The van der Waals surface area contributed by atoms with Crippen LogP contribution in [-0.4, -0.2) is 58.1 Å². The Morgan fingerprint density at radius 2 is 2.00 bits per heavy atom. The molecule has 0 spiro atoms. The molecule has 2 unspecified atom stereocenters. The van der Waals surface area contributed by atoms with E-state index in [9.17, 15) is 9.90 Å². The predicted octanol–water partition coefficient (Wildman–Crippen LogP) is 1.64. The molecule has 2 aliphatic heterocycles. The molecule has 3 N–H and O–H groups in total. The highest BCUT2D eigenvalue weighted by Crippen LogP contribution is 2.42. The average Bonchev–Trinajstić information content (AvgIpc) is 2.63. The van der Waals surface area contributed by atoms with Gasteiger partial charge in [0.05, 0.1) is 17.7 Å². The van der Waals surface area contributed by atoms with Crippen LogP contribution >= 0.6 is 0 Å². The van der Waals surface area contributed by atoms with Crippen molar-refractivity contribution in [3.05, 3.63) is 0 Å². The average molecular weight is 314 g/mol. The van der Waals surface area contributed by atoms with Gasteiger partial charge in [0, 0.05) is 19.5 Å². The highest BCUT2D eigenvalue weighted by atomic mass is 16.6. The van der Waals surface area contributed by atoms with Crippen molar-refractivity contribution in [2.75, 3.05) is 19.7 Å². The summed E-state index contributed by atoms with van der Waals surface area (Å²) in [7, 11) is 0. The summed E-state index contributed by atoms with van der Waals surface area (Å²) in [5.74, 6) is 0. The minimum atomic E-state index is -1.11. The summed E-state index contributed by atoms with van der Waals surface area (Å²) in [6.07, 6.45) is 1.52. The van der Waals surface area contributed by atoms with E-state index in [4.69, 9.17) is 15.2 Å². The van der Waals surface area contributed by atoms with Crippen LogP contribution in [0.1, 0.15) is 53.9 Å². The second-order valence-electron chi connectivity index (χ2n) is 8.42. The van der Waals surface area contributed by atoms with Gasteiger partial charge in [-0.1, -0.05) is 0 Å². The lowest BCUT2D eigenvalue weighted by Gasteiger charge is -2.48. The van der Waals surface area contributed by atoms with E-state index in [0.29, 0.717) is 19.4 Å². The zero-order chi connectivity index (χ0) is 16.8. The lowest BCUT2D eigenvalue weighted by atomic mass is 9.72. The first-order valence-electron chi connectivity index (χ1n) is 7.99. The van der Waals surface area contributed by atoms with E-state index >= 15 is 0 Å². The number of nitrogens with zero attached hydrogens (tertiary/aromatic N) is 1. The van der Waals surface area contributed by atoms with Crippen molar-refractivity contribution in [1.82, 2.24) is 4.90 Å². The lowest BCUT2D eigenvalue weighted by Crippen LogP contribution is -2.69. The summed E-state index contributed by atoms with van der Waals surface area (Å²) in [6.45, 7) is 10.5. The van der Waals surface area contributed by atoms with E-state index in [0.717, 1.165) is 6.42 Å². The van der Waals surface area contributed by atoms with E-state index in [1.54, 1.807) is 4.90 Å². The van der Waals surface area contributed by atoms with Crippen LogP contribution in [0.15, 0.2) is 0 Å². The maximum atomic E-state index is 12.3. The quantitative estimate of drug-likeness (QED) is 0.768. The Hall–Kier alpha value is -0.850. The number of ether oxygens (including phenoxy) is 2. The van der Waals surface area contributed by atoms with E-state index in [1.165, 1.54) is 0 Å². The third-order valence-corrected chi connectivity index (χ3v) is 4.52. The van der Waals surface area contributed by atoms with E-state index in [1.807, 2.05) is 34.6 Å². The number of amides is 1. The Kier molecular flexibility index (Phi) is 4.26. The molecule has 2 fully saturated rings. The molecule has 0 aromatic heterocycles. The highest BCUT2D eigenvalue weighted by molar-refractivity contribution is 5.68. The molecule has 2 atom stereocenters. The number of likely N-dealkylation sites (tertiary alicyclic amines) is 1. The van der Waals surface area contributed by atoms with Gasteiger partial charge >= 0.3 is 6.09 Å². The van der Waals surface area contributed by atoms with Gasteiger partial charge < -0.3 is 25.2 Å². The van der Waals surface area contributed by atoms with Crippen molar-refractivity contribution in [2.24, 2.45) is 5.73 Å². The van der Waals surface area contributed by atoms with Gasteiger partial charge in [-0.05, 0) is 47.5 Å². The predicted molar refractivity (Wildman–Crippen MR) is 83.6 cm³/mol. The molecule has 2 saturated heterocycles. The summed E-state index contributed by atoms with van der Waals surface area (Å²) in [5.41, 5.74) is 3.62. The second kappa shape index (κ2) is 5.35. The molecule has 0 bridgehead atoms. The second-order valence-corrected chi connectivity index (χ2v) is 8.42. The molecule has 6 heteroatoms. The highest BCUT2D eigenvalue weighted by Gasteiger charge is 2.56. The van der Waals surface area contributed by atoms with Crippen molar-refractivity contribution >= 4 is 6.09 Å². The van der Waals surface area contributed by atoms with Crippen LogP contribution in [0.5, 0.6) is 0 Å². The molecule has 2 aliphatic rings. The van der Waals surface area contributed by atoms with Gasteiger partial charge in [-0.15, -0.1) is 0 Å². The van der Waals surface area contributed by atoms with Crippen molar-refractivity contribution in [3.8, 4) is 0 Å². The first kappa shape index (κ1) is 17.5. The Morgan fingerprint density at radius 3 is 2.50 bits per heavy atom. The number of carbonyl (C=O) groups excluding carboxylic acids is 1. The normalized spacial score (nSPS) is 35.5. The van der Waals surface area contributed by atoms with Gasteiger partial charge in [0.1, 0.15) is 11.2 Å². The number of aliphatic hydroxyl groups is 1. The Morgan fingerprint density at radius 1 is 1.36 bits per heavy atom. The molecule has 0 saturated carbocycles. The largest absolute Gasteiger partial charge is 0.444 e. The summed E-state index contributed by atoms with van der Waals surface area (Å²) in [6, 6.07) is 0. The fourth-order valence-corrected chi connectivity index (χ4v) is 3.39. The molecule has 22 heavy (non-hydrogen) atoms. The van der Waals surface area contributed by atoms with Gasteiger partial charge in [-0.2, -0.15) is 0 Å². The van der Waals surface area contributed by atoms with Gasteiger partial charge in [0.25, 0.3) is 0 Å². The van der Waals surface area contributed by atoms with Gasteiger partial charge in [0.15, 0.2) is 0 Å². The summed E-state index contributed by atoms with van der Waals surface area (Å²) >= 11 is 0. The van der Waals surface area contributed by atoms with E-state index in [-0.39, 0.29) is 19.2 Å². The van der Waals surface area contributed by atoms with Crippen molar-refractivity contribution in [1.29, 1.82) is 0 Å². The fourth-order valence-electron chi connectivity index (χ4n) is 3.39. The maximum Gasteiger partial charge on any atom is 0.410 e. The van der Waals surface area contributed by atoms with Crippen LogP contribution in [0.4, 0.5) is 4.79 Å².